The summed E-state index contributed by atoms with van der Waals surface area (Å²) in [5.41, 5.74) is 3.02. The number of hydrogen-bond donors (Lipinski definition) is 2. The zero-order valence-electron chi connectivity index (χ0n) is 20.7. The Morgan fingerprint density at radius 1 is 1.03 bits per heavy atom. The van der Waals surface area contributed by atoms with E-state index in [1.807, 2.05) is 13.0 Å². The third-order valence-electron chi connectivity index (χ3n) is 6.18. The van der Waals surface area contributed by atoms with Crippen molar-refractivity contribution in [1.82, 2.24) is 19.9 Å². The molecule has 3 amide bonds. The first-order chi connectivity index (χ1) is 18.8. The molecule has 1 aliphatic heterocycles. The number of carbonyl (C=O) groups is 3. The van der Waals surface area contributed by atoms with Crippen LogP contribution in [-0.4, -0.2) is 43.6 Å². The highest BCUT2D eigenvalue weighted by Crippen LogP contribution is 2.29. The number of nitrogens with zero attached hydrogens (tertiary/aromatic N) is 4. The van der Waals surface area contributed by atoms with Crippen molar-refractivity contribution < 1.29 is 14.4 Å². The van der Waals surface area contributed by atoms with E-state index in [-0.39, 0.29) is 41.3 Å². The number of anilines is 2. The zero-order chi connectivity index (χ0) is 27.5. The normalized spacial score (nSPS) is 14.8. The van der Waals surface area contributed by atoms with Crippen molar-refractivity contribution >= 4 is 52.6 Å². The number of benzene rings is 2. The van der Waals surface area contributed by atoms with Crippen LogP contribution >= 0.6 is 23.2 Å². The van der Waals surface area contributed by atoms with Crippen LogP contribution in [0.2, 0.25) is 10.0 Å². The van der Waals surface area contributed by atoms with E-state index < -0.39 is 11.9 Å². The van der Waals surface area contributed by atoms with Gasteiger partial charge in [-0.1, -0.05) is 35.3 Å². The van der Waals surface area contributed by atoms with Crippen LogP contribution in [0.4, 0.5) is 11.6 Å². The van der Waals surface area contributed by atoms with Gasteiger partial charge >= 0.3 is 0 Å². The maximum Gasteiger partial charge on any atom is 0.259 e. The Kier molecular flexibility index (Phi) is 7.53. The molecule has 0 saturated carbocycles. The van der Waals surface area contributed by atoms with Crippen LogP contribution in [0.1, 0.15) is 37.5 Å². The summed E-state index contributed by atoms with van der Waals surface area (Å²) in [6.07, 6.45) is 5.02. The number of fused-ring (bicyclic) bond motifs is 1. The van der Waals surface area contributed by atoms with Crippen LogP contribution < -0.4 is 10.6 Å². The van der Waals surface area contributed by atoms with Crippen molar-refractivity contribution in [1.29, 1.82) is 0 Å². The molecule has 9 nitrogen and oxygen atoms in total. The molecule has 2 aromatic heterocycles. The summed E-state index contributed by atoms with van der Waals surface area (Å²) in [6, 6.07) is 14.1. The fourth-order valence-electron chi connectivity index (χ4n) is 4.23. The van der Waals surface area contributed by atoms with Gasteiger partial charge in [0.2, 0.25) is 11.9 Å². The molecule has 1 unspecified atom stereocenters. The van der Waals surface area contributed by atoms with Gasteiger partial charge in [0, 0.05) is 42.3 Å². The molecule has 4 aromatic rings. The molecule has 196 valence electrons. The van der Waals surface area contributed by atoms with Crippen molar-refractivity contribution in [3.8, 4) is 0 Å². The molecular weight excluding hydrogens is 539 g/mol. The van der Waals surface area contributed by atoms with Gasteiger partial charge in [0.25, 0.3) is 11.8 Å². The number of halogens is 2. The molecule has 39 heavy (non-hydrogen) atoms. The second-order valence-electron chi connectivity index (χ2n) is 9.01. The molecule has 0 aliphatic carbocycles. The van der Waals surface area contributed by atoms with E-state index in [0.717, 1.165) is 5.56 Å². The molecule has 5 rings (SSSR count). The average Bonchev–Trinajstić information content (AvgIpc) is 3.00. The largest absolute Gasteiger partial charge is 0.323 e. The second kappa shape index (κ2) is 11.2. The molecule has 0 fully saturated rings. The molecule has 0 spiro atoms. The molecule has 0 saturated heterocycles. The molecule has 1 aliphatic rings. The number of pyridine rings is 1. The highest BCUT2D eigenvalue weighted by Gasteiger charge is 2.36. The van der Waals surface area contributed by atoms with Gasteiger partial charge in [0.15, 0.2) is 0 Å². The van der Waals surface area contributed by atoms with Gasteiger partial charge in [-0.2, -0.15) is 0 Å². The summed E-state index contributed by atoms with van der Waals surface area (Å²) in [5.74, 6) is -1.03. The zero-order valence-corrected chi connectivity index (χ0v) is 22.2. The van der Waals surface area contributed by atoms with Crippen molar-refractivity contribution in [2.45, 2.75) is 25.9 Å². The maximum absolute atomic E-state index is 13.7. The Morgan fingerprint density at radius 3 is 2.54 bits per heavy atom. The first-order valence-electron chi connectivity index (χ1n) is 12.0. The number of rotatable bonds is 6. The van der Waals surface area contributed by atoms with Crippen LogP contribution in [0.3, 0.4) is 0 Å². The highest BCUT2D eigenvalue weighted by atomic mass is 35.5. The molecule has 11 heteroatoms. The van der Waals surface area contributed by atoms with Crippen LogP contribution in [0, 0.1) is 6.92 Å². The number of hydrogen-bond acceptors (Lipinski definition) is 6. The van der Waals surface area contributed by atoms with Crippen molar-refractivity contribution in [2.24, 2.45) is 0 Å². The minimum absolute atomic E-state index is 0.0640. The van der Waals surface area contributed by atoms with Crippen LogP contribution in [-0.2, 0) is 17.8 Å². The first-order valence-corrected chi connectivity index (χ1v) is 12.7. The van der Waals surface area contributed by atoms with Gasteiger partial charge in [-0.25, -0.2) is 9.97 Å². The van der Waals surface area contributed by atoms with E-state index in [9.17, 15) is 14.4 Å². The molecule has 0 bridgehead atoms. The fraction of sp³-hybridized carbons (Fsp3) is 0.143. The summed E-state index contributed by atoms with van der Waals surface area (Å²) in [6.45, 7) is 1.91. The Balaban J connectivity index is 1.44. The van der Waals surface area contributed by atoms with Gasteiger partial charge in [0.1, 0.15) is 6.04 Å². The minimum Gasteiger partial charge on any atom is -0.323 e. The summed E-state index contributed by atoms with van der Waals surface area (Å²) in [5, 5.41) is 6.03. The quantitative estimate of drug-likeness (QED) is 0.344. The summed E-state index contributed by atoms with van der Waals surface area (Å²) < 4.78 is 0. The summed E-state index contributed by atoms with van der Waals surface area (Å²) >= 11 is 12.6. The van der Waals surface area contributed by atoms with Gasteiger partial charge in [-0.3, -0.25) is 24.7 Å². The lowest BCUT2D eigenvalue weighted by Crippen LogP contribution is -2.46. The van der Waals surface area contributed by atoms with Gasteiger partial charge in [-0.15, -0.1) is 0 Å². The molecular formula is C28H22Cl2N6O3. The summed E-state index contributed by atoms with van der Waals surface area (Å²) in [7, 11) is 0. The smallest absolute Gasteiger partial charge is 0.259 e. The van der Waals surface area contributed by atoms with E-state index in [1.54, 1.807) is 67.1 Å². The topological polar surface area (TPSA) is 117 Å². The monoisotopic (exact) mass is 560 g/mol. The van der Waals surface area contributed by atoms with Crippen LogP contribution in [0.5, 0.6) is 0 Å². The van der Waals surface area contributed by atoms with E-state index in [1.165, 1.54) is 4.90 Å². The number of carbonyl (C=O) groups excluding carboxylic acids is 3. The van der Waals surface area contributed by atoms with E-state index >= 15 is 0 Å². The molecule has 0 radical (unpaired) electrons. The maximum atomic E-state index is 13.7. The third-order valence-corrected chi connectivity index (χ3v) is 6.72. The number of aryl methyl sites for hydroxylation is 1. The molecule has 2 N–H and O–H groups in total. The average molecular weight is 561 g/mol. The lowest BCUT2D eigenvalue weighted by Gasteiger charge is -2.29. The Morgan fingerprint density at radius 2 is 1.82 bits per heavy atom. The predicted molar refractivity (Wildman–Crippen MR) is 148 cm³/mol. The number of amides is 3. The van der Waals surface area contributed by atoms with Crippen LogP contribution in [0.25, 0.3) is 0 Å². The first kappa shape index (κ1) is 26.3. The molecule has 1 atom stereocenters. The fourth-order valence-corrected chi connectivity index (χ4v) is 4.69. The van der Waals surface area contributed by atoms with Crippen molar-refractivity contribution in [2.75, 3.05) is 10.6 Å². The van der Waals surface area contributed by atoms with E-state index in [4.69, 9.17) is 23.2 Å². The molecule has 2 aromatic carbocycles. The Labute approximate surface area is 234 Å². The predicted octanol–water partition coefficient (Wildman–Crippen LogP) is 4.94. The van der Waals surface area contributed by atoms with E-state index in [0.29, 0.717) is 27.5 Å². The summed E-state index contributed by atoms with van der Waals surface area (Å²) in [4.78, 5) is 53.9. The third kappa shape index (κ3) is 5.89. The SMILES string of the molecule is Cc1cnc(NC(=O)c2ccc(CN3C(=O)c4ccc(Cl)cc4NC(=O)C3Cc3ccccn3)cc2Cl)nc1. The van der Waals surface area contributed by atoms with Gasteiger partial charge in [-0.05, 0) is 60.5 Å². The lowest BCUT2D eigenvalue weighted by molar-refractivity contribution is -0.120. The Bertz CT molecular complexity index is 1560. The van der Waals surface area contributed by atoms with Gasteiger partial charge in [0.05, 0.1) is 21.8 Å². The number of aromatic nitrogens is 3. The minimum atomic E-state index is -0.862. The highest BCUT2D eigenvalue weighted by molar-refractivity contribution is 6.34. The van der Waals surface area contributed by atoms with Crippen molar-refractivity contribution in [3.05, 3.63) is 111 Å². The molecule has 3 heterocycles. The number of nitrogens with one attached hydrogen (secondary N) is 2. The second-order valence-corrected chi connectivity index (χ2v) is 9.85. The lowest BCUT2D eigenvalue weighted by atomic mass is 10.0. The Hall–Kier alpha value is -4.34. The van der Waals surface area contributed by atoms with Crippen LogP contribution in [0.15, 0.2) is 73.2 Å². The standard InChI is InChI=1S/C28H22Cl2N6O3/c1-16-13-32-28(33-14-16)35-25(37)20-7-5-17(10-22(20)30)15-36-24(12-19-4-2-3-9-31-19)26(38)34-23-11-18(29)6-8-21(23)27(36)39/h2-11,13-14,24H,12,15H2,1H3,(H,34,38)(H,32,33,35,37). The van der Waals surface area contributed by atoms with E-state index in [2.05, 4.69) is 25.6 Å². The van der Waals surface area contributed by atoms with Crippen molar-refractivity contribution in [3.63, 3.8) is 0 Å². The van der Waals surface area contributed by atoms with Gasteiger partial charge < -0.3 is 10.2 Å².